The first-order valence-corrected chi connectivity index (χ1v) is 9.83. The van der Waals surface area contributed by atoms with Crippen LogP contribution in [0.5, 0.6) is 11.5 Å². The van der Waals surface area contributed by atoms with Crippen LogP contribution in [0, 0.1) is 13.8 Å². The summed E-state index contributed by atoms with van der Waals surface area (Å²) >= 11 is 0. The molecule has 0 aliphatic carbocycles. The maximum Gasteiger partial charge on any atom is 0.279 e. The first kappa shape index (κ1) is 21.2. The van der Waals surface area contributed by atoms with Crippen molar-refractivity contribution in [3.63, 3.8) is 0 Å². The zero-order valence-electron chi connectivity index (χ0n) is 17.6. The van der Waals surface area contributed by atoms with E-state index in [9.17, 15) is 9.59 Å². The molecule has 3 rings (SSSR count). The highest BCUT2D eigenvalue weighted by atomic mass is 16.5. The Balaban J connectivity index is 1.51. The molecule has 2 amide bonds. The summed E-state index contributed by atoms with van der Waals surface area (Å²) in [5, 5.41) is 0.895. The molecule has 2 aromatic carbocycles. The number of fused-ring (bicyclic) bond motifs is 1. The molecule has 0 aliphatic heterocycles. The molecule has 30 heavy (non-hydrogen) atoms. The van der Waals surface area contributed by atoms with Crippen LogP contribution in [0.2, 0.25) is 0 Å². The fraction of sp³-hybridized carbons (Fsp3) is 0.304. The van der Waals surface area contributed by atoms with Crippen LogP contribution in [0.1, 0.15) is 30.5 Å². The quantitative estimate of drug-likeness (QED) is 0.581. The molecule has 0 aliphatic rings. The summed E-state index contributed by atoms with van der Waals surface area (Å²) in [6.45, 7) is 8.11. The molecular formula is C23H26N2O5. The van der Waals surface area contributed by atoms with E-state index < -0.39 is 12.0 Å². The molecule has 1 heterocycles. The lowest BCUT2D eigenvalue weighted by molar-refractivity contribution is -0.132. The van der Waals surface area contributed by atoms with E-state index in [1.54, 1.807) is 37.5 Å². The van der Waals surface area contributed by atoms with Crippen LogP contribution >= 0.6 is 0 Å². The molecule has 1 unspecified atom stereocenters. The molecule has 7 nitrogen and oxygen atoms in total. The van der Waals surface area contributed by atoms with Gasteiger partial charge < -0.3 is 13.9 Å². The molecule has 3 aromatic rings. The molecule has 0 bridgehead atoms. The maximum absolute atomic E-state index is 12.3. The van der Waals surface area contributed by atoms with Gasteiger partial charge in [-0.15, -0.1) is 0 Å². The normalized spacial score (nSPS) is 11.7. The molecule has 0 spiro atoms. The average molecular weight is 410 g/mol. The van der Waals surface area contributed by atoms with Crippen molar-refractivity contribution in [2.45, 2.75) is 40.2 Å². The summed E-state index contributed by atoms with van der Waals surface area (Å²) in [5.74, 6) is 0.451. The lowest BCUT2D eigenvalue weighted by Gasteiger charge is -2.15. The lowest BCUT2D eigenvalue weighted by atomic mass is 10.0. The summed E-state index contributed by atoms with van der Waals surface area (Å²) in [5.41, 5.74) is 8.57. The smallest absolute Gasteiger partial charge is 0.279 e. The molecule has 1 atom stereocenters. The molecule has 0 saturated heterocycles. The van der Waals surface area contributed by atoms with E-state index in [4.69, 9.17) is 13.9 Å². The zero-order chi connectivity index (χ0) is 21.7. The molecule has 158 valence electrons. The van der Waals surface area contributed by atoms with Crippen LogP contribution in [-0.4, -0.2) is 24.5 Å². The van der Waals surface area contributed by atoms with Gasteiger partial charge in [0, 0.05) is 10.9 Å². The van der Waals surface area contributed by atoms with Gasteiger partial charge in [-0.3, -0.25) is 20.4 Å². The molecule has 2 N–H and O–H groups in total. The molecule has 7 heteroatoms. The molecule has 0 fully saturated rings. The number of amides is 2. The average Bonchev–Trinajstić information content (AvgIpc) is 3.09. The van der Waals surface area contributed by atoms with Crippen molar-refractivity contribution in [3.8, 4) is 11.5 Å². The second kappa shape index (κ2) is 9.35. The van der Waals surface area contributed by atoms with E-state index in [0.29, 0.717) is 12.4 Å². The Labute approximate surface area is 175 Å². The van der Waals surface area contributed by atoms with Gasteiger partial charge >= 0.3 is 0 Å². The summed E-state index contributed by atoms with van der Waals surface area (Å²) in [6.07, 6.45) is 0.871. The minimum atomic E-state index is -0.788. The van der Waals surface area contributed by atoms with Crippen molar-refractivity contribution >= 4 is 22.8 Å². The number of carbonyl (C=O) groups excluding carboxylic acids is 2. The third-order valence-electron chi connectivity index (χ3n) is 4.76. The summed E-state index contributed by atoms with van der Waals surface area (Å²) < 4.78 is 16.5. The lowest BCUT2D eigenvalue weighted by Crippen LogP contribution is -2.47. The third kappa shape index (κ3) is 5.11. The highest BCUT2D eigenvalue weighted by Gasteiger charge is 2.17. The summed E-state index contributed by atoms with van der Waals surface area (Å²) in [6, 6.07) is 10.9. The van der Waals surface area contributed by atoms with Crippen molar-refractivity contribution in [2.75, 3.05) is 6.61 Å². The van der Waals surface area contributed by atoms with E-state index in [-0.39, 0.29) is 12.3 Å². The second-order valence-corrected chi connectivity index (χ2v) is 7.07. The van der Waals surface area contributed by atoms with Crippen molar-refractivity contribution in [3.05, 3.63) is 59.4 Å². The van der Waals surface area contributed by atoms with E-state index in [2.05, 4.69) is 10.9 Å². The summed E-state index contributed by atoms with van der Waals surface area (Å²) in [4.78, 5) is 24.5. The van der Waals surface area contributed by atoms with Gasteiger partial charge in [-0.1, -0.05) is 0 Å². The van der Waals surface area contributed by atoms with Gasteiger partial charge in [-0.25, -0.2) is 0 Å². The number of hydrogen-bond acceptors (Lipinski definition) is 5. The molecule has 1 aromatic heterocycles. The molecule has 0 radical (unpaired) electrons. The van der Waals surface area contributed by atoms with Gasteiger partial charge in [0.05, 0.1) is 19.3 Å². The highest BCUT2D eigenvalue weighted by molar-refractivity contribution is 5.90. The standard InChI is InChI=1S/C23H26N2O5/c1-5-28-18-6-8-19(9-7-18)30-16(4)23(27)25-24-22(26)12-17-13-29-21-11-15(3)14(2)10-20(17)21/h6-11,13,16H,5,12H2,1-4H3,(H,24,26)(H,25,27). The molecule has 0 saturated carbocycles. The van der Waals surface area contributed by atoms with Crippen molar-refractivity contribution in [1.82, 2.24) is 10.9 Å². The number of benzene rings is 2. The van der Waals surface area contributed by atoms with Gasteiger partial charge in [0.25, 0.3) is 5.91 Å². The fourth-order valence-corrected chi connectivity index (χ4v) is 2.96. The SMILES string of the molecule is CCOc1ccc(OC(C)C(=O)NNC(=O)Cc2coc3cc(C)c(C)cc23)cc1. The highest BCUT2D eigenvalue weighted by Crippen LogP contribution is 2.25. The Morgan fingerprint density at radius 2 is 1.70 bits per heavy atom. The van der Waals surface area contributed by atoms with Crippen molar-refractivity contribution in [1.29, 1.82) is 0 Å². The number of aryl methyl sites for hydroxylation is 2. The van der Waals surface area contributed by atoms with Crippen LogP contribution in [0.25, 0.3) is 11.0 Å². The largest absolute Gasteiger partial charge is 0.494 e. The van der Waals surface area contributed by atoms with E-state index in [1.165, 1.54) is 0 Å². The Kier molecular flexibility index (Phi) is 6.61. The first-order chi connectivity index (χ1) is 14.4. The van der Waals surface area contributed by atoms with Gasteiger partial charge in [-0.05, 0) is 75.2 Å². The predicted molar refractivity (Wildman–Crippen MR) is 113 cm³/mol. The number of furan rings is 1. The second-order valence-electron chi connectivity index (χ2n) is 7.07. The van der Waals surface area contributed by atoms with E-state index in [1.807, 2.05) is 32.9 Å². The third-order valence-corrected chi connectivity index (χ3v) is 4.76. The van der Waals surface area contributed by atoms with Crippen LogP contribution in [0.4, 0.5) is 0 Å². The molecular weight excluding hydrogens is 384 g/mol. The van der Waals surface area contributed by atoms with Gasteiger partial charge in [0.1, 0.15) is 17.1 Å². The number of carbonyl (C=O) groups is 2. The van der Waals surface area contributed by atoms with Crippen molar-refractivity contribution in [2.24, 2.45) is 0 Å². The van der Waals surface area contributed by atoms with Gasteiger partial charge in [0.2, 0.25) is 5.91 Å². The van der Waals surface area contributed by atoms with Crippen LogP contribution in [0.3, 0.4) is 0 Å². The predicted octanol–water partition coefficient (Wildman–Crippen LogP) is 3.61. The first-order valence-electron chi connectivity index (χ1n) is 9.83. The number of rotatable bonds is 7. The van der Waals surface area contributed by atoms with Crippen molar-refractivity contribution < 1.29 is 23.5 Å². The minimum absolute atomic E-state index is 0.0872. The maximum atomic E-state index is 12.3. The number of hydrogen-bond donors (Lipinski definition) is 2. The Hall–Kier alpha value is -3.48. The number of hydrazine groups is 1. The van der Waals surface area contributed by atoms with Gasteiger partial charge in [-0.2, -0.15) is 0 Å². The summed E-state index contributed by atoms with van der Waals surface area (Å²) in [7, 11) is 0. The minimum Gasteiger partial charge on any atom is -0.494 e. The fourth-order valence-electron chi connectivity index (χ4n) is 2.96. The topological polar surface area (TPSA) is 89.8 Å². The van der Waals surface area contributed by atoms with Crippen LogP contribution in [-0.2, 0) is 16.0 Å². The Morgan fingerprint density at radius 3 is 2.40 bits per heavy atom. The Morgan fingerprint density at radius 1 is 1.03 bits per heavy atom. The van der Waals surface area contributed by atoms with E-state index in [0.717, 1.165) is 33.4 Å². The zero-order valence-corrected chi connectivity index (χ0v) is 17.6. The Bertz CT molecular complexity index is 1040. The number of nitrogens with one attached hydrogen (secondary N) is 2. The van der Waals surface area contributed by atoms with Crippen LogP contribution in [0.15, 0.2) is 47.1 Å². The monoisotopic (exact) mass is 410 g/mol. The van der Waals surface area contributed by atoms with Crippen LogP contribution < -0.4 is 20.3 Å². The van der Waals surface area contributed by atoms with Gasteiger partial charge in [0.15, 0.2) is 6.10 Å². The number of ether oxygens (including phenoxy) is 2. The van der Waals surface area contributed by atoms with E-state index >= 15 is 0 Å².